The van der Waals surface area contributed by atoms with Crippen molar-refractivity contribution in [2.24, 2.45) is 5.10 Å². The molecule has 1 N–H and O–H groups in total. The number of carbonyl (C=O) groups is 2. The summed E-state index contributed by atoms with van der Waals surface area (Å²) in [6.07, 6.45) is 5.41. The predicted molar refractivity (Wildman–Crippen MR) is 131 cm³/mol. The fourth-order valence-electron chi connectivity index (χ4n) is 3.76. The molecule has 3 aromatic rings. The van der Waals surface area contributed by atoms with Gasteiger partial charge in [0.25, 0.3) is 5.91 Å². The summed E-state index contributed by atoms with van der Waals surface area (Å²) >= 11 is 12.9. The van der Waals surface area contributed by atoms with Crippen LogP contribution >= 0.6 is 23.2 Å². The van der Waals surface area contributed by atoms with E-state index in [4.69, 9.17) is 27.9 Å². The maximum Gasteiger partial charge on any atom is 0.347 e. The maximum atomic E-state index is 13.0. The molecule has 8 nitrogen and oxygen atoms in total. The fraction of sp³-hybridized carbons (Fsp3) is 0.0833. The number of ether oxygens (including phenoxy) is 1. The van der Waals surface area contributed by atoms with Crippen molar-refractivity contribution in [1.82, 2.24) is 10.3 Å². The molecule has 0 radical (unpaired) electrons. The van der Waals surface area contributed by atoms with Crippen molar-refractivity contribution in [3.63, 3.8) is 0 Å². The first-order valence-corrected chi connectivity index (χ1v) is 11.0. The second-order valence-corrected chi connectivity index (χ2v) is 8.40. The number of pyridine rings is 1. The molecule has 3 heterocycles. The lowest BCUT2D eigenvalue weighted by molar-refractivity contribution is 0.0980. The summed E-state index contributed by atoms with van der Waals surface area (Å²) in [5.74, 6) is 0.629. The van der Waals surface area contributed by atoms with Crippen LogP contribution in [0.2, 0.25) is 10.0 Å². The Hall–Kier alpha value is -3.88. The van der Waals surface area contributed by atoms with E-state index in [9.17, 15) is 9.59 Å². The van der Waals surface area contributed by atoms with E-state index in [1.165, 1.54) is 18.3 Å². The Bertz CT molecular complexity index is 1340. The summed E-state index contributed by atoms with van der Waals surface area (Å²) in [6.45, 7) is 4.17. The van der Waals surface area contributed by atoms with E-state index in [2.05, 4.69) is 22.0 Å². The lowest BCUT2D eigenvalue weighted by atomic mass is 9.98. The van der Waals surface area contributed by atoms with E-state index in [1.807, 2.05) is 12.1 Å². The summed E-state index contributed by atoms with van der Waals surface area (Å²) in [5, 5.41) is 8.12. The van der Waals surface area contributed by atoms with E-state index >= 15 is 0 Å². The van der Waals surface area contributed by atoms with E-state index in [0.717, 1.165) is 16.3 Å². The number of hydrazone groups is 1. The minimum Gasteiger partial charge on any atom is -0.454 e. The Morgan fingerprint density at radius 2 is 1.85 bits per heavy atom. The van der Waals surface area contributed by atoms with E-state index < -0.39 is 6.03 Å². The number of aromatic nitrogens is 1. The van der Waals surface area contributed by atoms with Crippen LogP contribution in [0.25, 0.3) is 0 Å². The second kappa shape index (κ2) is 8.81. The Morgan fingerprint density at radius 3 is 2.56 bits per heavy atom. The van der Waals surface area contributed by atoms with Crippen molar-refractivity contribution in [3.05, 3.63) is 88.3 Å². The molecule has 2 aromatic carbocycles. The average molecular weight is 494 g/mol. The molecule has 0 saturated heterocycles. The quantitative estimate of drug-likeness (QED) is 0.525. The van der Waals surface area contributed by atoms with Gasteiger partial charge in [0, 0.05) is 18.3 Å². The largest absolute Gasteiger partial charge is 0.454 e. The predicted octanol–water partition coefficient (Wildman–Crippen LogP) is 5.41. The third-order valence-corrected chi connectivity index (χ3v) is 5.91. The molecule has 170 valence electrons. The highest BCUT2D eigenvalue weighted by atomic mass is 35.5. The summed E-state index contributed by atoms with van der Waals surface area (Å²) in [7, 11) is 0. The van der Waals surface area contributed by atoms with Gasteiger partial charge in [-0.15, -0.1) is 0 Å². The molecule has 0 unspecified atom stereocenters. The van der Waals surface area contributed by atoms with Crippen molar-refractivity contribution in [2.75, 3.05) is 16.5 Å². The monoisotopic (exact) mass is 493 g/mol. The van der Waals surface area contributed by atoms with Crippen LogP contribution in [0.5, 0.6) is 11.5 Å². The first kappa shape index (κ1) is 21.9. The number of carbonyl (C=O) groups excluding carboxylic acids is 2. The standard InChI is InChI=1S/C24H17Cl2N5O3/c1-14-12-28-31(24(33)29-14)17-10-20(25)22(21(26)11-17)34-18-4-5-19-15(9-18)6-8-30(23(19)32)16-3-2-7-27-13-16/h2-5,7,9-13H,1,6,8H2,(H,29,33). The minimum absolute atomic E-state index is 0.0933. The summed E-state index contributed by atoms with van der Waals surface area (Å²) < 4.78 is 5.97. The topological polar surface area (TPSA) is 87.1 Å². The molecule has 2 aliphatic rings. The summed E-state index contributed by atoms with van der Waals surface area (Å²) in [4.78, 5) is 31.0. The van der Waals surface area contributed by atoms with Gasteiger partial charge in [0.1, 0.15) is 5.75 Å². The van der Waals surface area contributed by atoms with Crippen molar-refractivity contribution in [3.8, 4) is 11.5 Å². The van der Waals surface area contributed by atoms with Crippen LogP contribution in [0.3, 0.4) is 0 Å². The number of hydrogen-bond acceptors (Lipinski definition) is 5. The highest BCUT2D eigenvalue weighted by Gasteiger charge is 2.26. The average Bonchev–Trinajstić information content (AvgIpc) is 2.82. The molecule has 0 spiro atoms. The van der Waals surface area contributed by atoms with E-state index in [-0.39, 0.29) is 21.7 Å². The molecule has 2 aliphatic heterocycles. The molecular weight excluding hydrogens is 477 g/mol. The van der Waals surface area contributed by atoms with Gasteiger partial charge in [-0.2, -0.15) is 10.1 Å². The summed E-state index contributed by atoms with van der Waals surface area (Å²) in [5.41, 5.74) is 2.98. The first-order chi connectivity index (χ1) is 16.4. The number of nitrogens with zero attached hydrogens (tertiary/aromatic N) is 4. The van der Waals surface area contributed by atoms with Crippen LogP contribution < -0.4 is 20.0 Å². The Balaban J connectivity index is 1.39. The zero-order valence-corrected chi connectivity index (χ0v) is 19.2. The van der Waals surface area contributed by atoms with Gasteiger partial charge in [-0.1, -0.05) is 29.8 Å². The molecule has 10 heteroatoms. The fourth-order valence-corrected chi connectivity index (χ4v) is 4.31. The highest BCUT2D eigenvalue weighted by molar-refractivity contribution is 6.37. The number of rotatable bonds is 4. The van der Waals surface area contributed by atoms with Crippen LogP contribution in [-0.2, 0) is 6.42 Å². The Morgan fingerprint density at radius 1 is 1.06 bits per heavy atom. The van der Waals surface area contributed by atoms with Crippen LogP contribution in [0.15, 0.2) is 72.2 Å². The van der Waals surface area contributed by atoms with Crippen LogP contribution in [0.1, 0.15) is 15.9 Å². The zero-order chi connectivity index (χ0) is 23.8. The Kier molecular flexibility index (Phi) is 5.69. The number of nitrogens with one attached hydrogen (secondary N) is 1. The van der Waals surface area contributed by atoms with E-state index in [1.54, 1.807) is 35.5 Å². The maximum absolute atomic E-state index is 13.0. The summed E-state index contributed by atoms with van der Waals surface area (Å²) in [6, 6.07) is 11.5. The first-order valence-electron chi connectivity index (χ1n) is 10.3. The molecule has 3 amide bonds. The van der Waals surface area contributed by atoms with Gasteiger partial charge in [0.05, 0.1) is 39.5 Å². The smallest absolute Gasteiger partial charge is 0.347 e. The normalized spacial score (nSPS) is 15.3. The number of hydrogen-bond donors (Lipinski definition) is 1. The highest BCUT2D eigenvalue weighted by Crippen LogP contribution is 2.40. The number of amides is 3. The van der Waals surface area contributed by atoms with Crippen molar-refractivity contribution in [1.29, 1.82) is 0 Å². The number of urea groups is 1. The number of benzene rings is 2. The van der Waals surface area contributed by atoms with Gasteiger partial charge < -0.3 is 15.0 Å². The zero-order valence-electron chi connectivity index (χ0n) is 17.7. The van der Waals surface area contributed by atoms with Gasteiger partial charge in [0.15, 0.2) is 5.75 Å². The van der Waals surface area contributed by atoms with Crippen LogP contribution in [0.4, 0.5) is 16.2 Å². The third-order valence-electron chi connectivity index (χ3n) is 5.35. The van der Waals surface area contributed by atoms with E-state index in [0.29, 0.717) is 35.7 Å². The second-order valence-electron chi connectivity index (χ2n) is 7.59. The SMILES string of the molecule is C=C1C=NN(c2cc(Cl)c(Oc3ccc4c(c3)CCN(c3cccnc3)C4=O)c(Cl)c2)C(=O)N1. The van der Waals surface area contributed by atoms with Gasteiger partial charge in [-0.25, -0.2) is 4.79 Å². The molecule has 0 fully saturated rings. The minimum atomic E-state index is -0.479. The molecule has 34 heavy (non-hydrogen) atoms. The molecular formula is C24H17Cl2N5O3. The molecule has 0 bridgehead atoms. The van der Waals surface area contributed by atoms with Crippen molar-refractivity contribution in [2.45, 2.75) is 6.42 Å². The molecule has 5 rings (SSSR count). The lowest BCUT2D eigenvalue weighted by Crippen LogP contribution is -2.40. The van der Waals surface area contributed by atoms with Crippen molar-refractivity contribution >= 4 is 52.7 Å². The van der Waals surface area contributed by atoms with Crippen molar-refractivity contribution < 1.29 is 14.3 Å². The van der Waals surface area contributed by atoms with Gasteiger partial charge in [-0.3, -0.25) is 9.78 Å². The molecule has 0 atom stereocenters. The van der Waals surface area contributed by atoms with Gasteiger partial charge >= 0.3 is 6.03 Å². The van der Waals surface area contributed by atoms with Gasteiger partial charge in [-0.05, 0) is 54.4 Å². The molecule has 0 aliphatic carbocycles. The number of halogens is 2. The molecule has 1 aromatic heterocycles. The number of allylic oxidation sites excluding steroid dienone is 1. The van der Waals surface area contributed by atoms with Crippen LogP contribution in [-0.4, -0.2) is 29.7 Å². The van der Waals surface area contributed by atoms with Gasteiger partial charge in [0.2, 0.25) is 0 Å². The molecule has 0 saturated carbocycles. The number of anilines is 2. The Labute approximate surface area is 205 Å². The van der Waals surface area contributed by atoms with Crippen LogP contribution in [0, 0.1) is 0 Å². The number of fused-ring (bicyclic) bond motifs is 1. The third kappa shape index (κ3) is 4.09. The lowest BCUT2D eigenvalue weighted by Gasteiger charge is -2.28.